The largest absolute Gasteiger partial charge is 0.311 e. The summed E-state index contributed by atoms with van der Waals surface area (Å²) >= 11 is 0. The minimum Gasteiger partial charge on any atom is -0.311 e. The van der Waals surface area contributed by atoms with Gasteiger partial charge in [-0.05, 0) is 116 Å². The van der Waals surface area contributed by atoms with E-state index in [0.29, 0.717) is 0 Å². The smallest absolute Gasteiger partial charge is 0.0463 e. The zero-order valence-corrected chi connectivity index (χ0v) is 25.2. The molecule has 1 aliphatic rings. The normalized spacial score (nSPS) is 12.3. The second kappa shape index (κ2) is 13.2. The third kappa shape index (κ3) is 6.15. The molecule has 0 aromatic heterocycles. The van der Waals surface area contributed by atoms with Crippen LogP contribution in [0, 0.1) is 0 Å². The Hall–Kier alpha value is -5.80. The Balaban J connectivity index is 1.26. The summed E-state index contributed by atoms with van der Waals surface area (Å²) in [7, 11) is 0. The second-order valence-electron chi connectivity index (χ2n) is 11.0. The highest BCUT2D eigenvalue weighted by molar-refractivity contribution is 5.82. The fourth-order valence-corrected chi connectivity index (χ4v) is 5.92. The van der Waals surface area contributed by atoms with Gasteiger partial charge in [-0.3, -0.25) is 0 Å². The fourth-order valence-electron chi connectivity index (χ4n) is 5.92. The first kappa shape index (κ1) is 28.0. The summed E-state index contributed by atoms with van der Waals surface area (Å²) < 4.78 is 0. The van der Waals surface area contributed by atoms with Crippen LogP contribution >= 0.6 is 0 Å². The lowest BCUT2D eigenvalue weighted by Gasteiger charge is -2.30. The Morgan fingerprint density at radius 1 is 0.289 bits per heavy atom. The SMILES string of the molecule is C1=CC(N(c2ccccc2)c2ccc(N(c3ccccc3)c3ccc(N(c4ccccc4)c4ccccc4)cc3)cc2)=CCC1. The van der Waals surface area contributed by atoms with E-state index in [2.05, 4.69) is 203 Å². The molecule has 218 valence electrons. The van der Waals surface area contributed by atoms with Crippen LogP contribution < -0.4 is 14.7 Å². The van der Waals surface area contributed by atoms with Crippen molar-refractivity contribution in [1.29, 1.82) is 0 Å². The molecule has 0 saturated heterocycles. The van der Waals surface area contributed by atoms with E-state index in [1.165, 1.54) is 5.70 Å². The van der Waals surface area contributed by atoms with Crippen molar-refractivity contribution in [2.45, 2.75) is 12.8 Å². The van der Waals surface area contributed by atoms with Crippen molar-refractivity contribution in [3.8, 4) is 0 Å². The van der Waals surface area contributed by atoms with E-state index in [1.54, 1.807) is 0 Å². The Morgan fingerprint density at radius 3 is 0.889 bits per heavy atom. The second-order valence-corrected chi connectivity index (χ2v) is 11.0. The number of allylic oxidation sites excluding steroid dienone is 3. The Kier molecular flexibility index (Phi) is 8.23. The van der Waals surface area contributed by atoms with Gasteiger partial charge in [-0.15, -0.1) is 0 Å². The lowest BCUT2D eigenvalue weighted by atomic mass is 10.1. The highest BCUT2D eigenvalue weighted by atomic mass is 15.2. The van der Waals surface area contributed by atoms with Gasteiger partial charge in [0.15, 0.2) is 0 Å². The van der Waals surface area contributed by atoms with Crippen molar-refractivity contribution >= 4 is 45.5 Å². The summed E-state index contributed by atoms with van der Waals surface area (Å²) in [5.41, 5.74) is 10.1. The molecule has 0 aliphatic heterocycles. The van der Waals surface area contributed by atoms with Gasteiger partial charge in [-0.25, -0.2) is 0 Å². The maximum absolute atomic E-state index is 2.34. The third-order valence-corrected chi connectivity index (χ3v) is 8.02. The van der Waals surface area contributed by atoms with Crippen LogP contribution in [0.25, 0.3) is 0 Å². The lowest BCUT2D eigenvalue weighted by Crippen LogP contribution is -2.16. The van der Waals surface area contributed by atoms with Crippen LogP contribution in [-0.4, -0.2) is 0 Å². The van der Waals surface area contributed by atoms with Gasteiger partial charge >= 0.3 is 0 Å². The number of rotatable bonds is 9. The monoisotopic (exact) mass is 581 g/mol. The van der Waals surface area contributed by atoms with Crippen molar-refractivity contribution in [2.75, 3.05) is 14.7 Å². The number of hydrogen-bond acceptors (Lipinski definition) is 3. The molecule has 0 unspecified atom stereocenters. The molecule has 0 fully saturated rings. The van der Waals surface area contributed by atoms with E-state index < -0.39 is 0 Å². The van der Waals surface area contributed by atoms with Crippen molar-refractivity contribution in [1.82, 2.24) is 0 Å². The minimum absolute atomic E-state index is 1.05. The van der Waals surface area contributed by atoms with E-state index in [1.807, 2.05) is 0 Å². The number of benzene rings is 6. The maximum atomic E-state index is 2.34. The van der Waals surface area contributed by atoms with Crippen LogP contribution in [0.4, 0.5) is 45.5 Å². The topological polar surface area (TPSA) is 9.72 Å². The van der Waals surface area contributed by atoms with Gasteiger partial charge in [0.05, 0.1) is 0 Å². The first-order valence-electron chi connectivity index (χ1n) is 15.5. The maximum Gasteiger partial charge on any atom is 0.0463 e. The molecule has 0 amide bonds. The van der Waals surface area contributed by atoms with Crippen molar-refractivity contribution < 1.29 is 0 Å². The van der Waals surface area contributed by atoms with Crippen molar-refractivity contribution in [3.63, 3.8) is 0 Å². The highest BCUT2D eigenvalue weighted by Crippen LogP contribution is 2.40. The standard InChI is InChI=1S/C42H35N3/c1-6-16-34(17-7-1)43(35-18-8-2-9-19-35)39-26-30-41(31-27-39)45(38-24-14-5-15-25-38)42-32-28-40(29-33-42)44(36-20-10-3-11-21-36)37-22-12-4-13-23-37/h1-3,5-12,14-33H,4,13H2. The molecule has 6 aromatic carbocycles. The predicted molar refractivity (Wildman–Crippen MR) is 191 cm³/mol. The van der Waals surface area contributed by atoms with Crippen LogP contribution in [-0.2, 0) is 0 Å². The van der Waals surface area contributed by atoms with Crippen molar-refractivity contribution in [3.05, 3.63) is 194 Å². The predicted octanol–water partition coefficient (Wildman–Crippen LogP) is 12.0. The average Bonchev–Trinajstić information content (AvgIpc) is 3.12. The molecular formula is C42H35N3. The molecule has 7 rings (SSSR count). The molecule has 0 saturated carbocycles. The van der Waals surface area contributed by atoms with Gasteiger partial charge in [0.1, 0.15) is 0 Å². The Bertz CT molecular complexity index is 1820. The molecule has 3 nitrogen and oxygen atoms in total. The van der Waals surface area contributed by atoms with Gasteiger partial charge in [-0.2, -0.15) is 0 Å². The number of nitrogens with zero attached hydrogens (tertiary/aromatic N) is 3. The highest BCUT2D eigenvalue weighted by Gasteiger charge is 2.18. The molecule has 0 spiro atoms. The summed E-state index contributed by atoms with van der Waals surface area (Å²) in [5.74, 6) is 0. The molecule has 0 atom stereocenters. The first-order chi connectivity index (χ1) is 22.3. The van der Waals surface area contributed by atoms with Crippen LogP contribution in [0.2, 0.25) is 0 Å². The summed E-state index contributed by atoms with van der Waals surface area (Å²) in [6.07, 6.45) is 8.96. The quantitative estimate of drug-likeness (QED) is 0.168. The van der Waals surface area contributed by atoms with Crippen molar-refractivity contribution in [2.24, 2.45) is 0 Å². The molecular weight excluding hydrogens is 546 g/mol. The Labute approximate surface area is 266 Å². The zero-order chi connectivity index (χ0) is 30.3. The summed E-state index contributed by atoms with van der Waals surface area (Å²) in [4.78, 5) is 6.94. The first-order valence-corrected chi connectivity index (χ1v) is 15.5. The van der Waals surface area contributed by atoms with E-state index in [0.717, 1.165) is 58.3 Å². The number of para-hydroxylation sites is 4. The fraction of sp³-hybridized carbons (Fsp3) is 0.0476. The van der Waals surface area contributed by atoms with Gasteiger partial charge in [0, 0.05) is 51.2 Å². The molecule has 1 aliphatic carbocycles. The van der Waals surface area contributed by atoms with Crippen LogP contribution in [0.3, 0.4) is 0 Å². The minimum atomic E-state index is 1.05. The van der Waals surface area contributed by atoms with Crippen LogP contribution in [0.1, 0.15) is 12.8 Å². The molecule has 0 N–H and O–H groups in total. The van der Waals surface area contributed by atoms with Crippen LogP contribution in [0.15, 0.2) is 194 Å². The molecule has 45 heavy (non-hydrogen) atoms. The number of anilines is 8. The third-order valence-electron chi connectivity index (χ3n) is 8.02. The van der Waals surface area contributed by atoms with E-state index >= 15 is 0 Å². The molecule has 6 aromatic rings. The molecule has 0 heterocycles. The summed E-state index contributed by atoms with van der Waals surface area (Å²) in [6.45, 7) is 0. The van der Waals surface area contributed by atoms with Crippen LogP contribution in [0.5, 0.6) is 0 Å². The van der Waals surface area contributed by atoms with Gasteiger partial charge in [0.25, 0.3) is 0 Å². The van der Waals surface area contributed by atoms with Gasteiger partial charge in [0.2, 0.25) is 0 Å². The van der Waals surface area contributed by atoms with E-state index in [9.17, 15) is 0 Å². The average molecular weight is 582 g/mol. The van der Waals surface area contributed by atoms with Gasteiger partial charge < -0.3 is 14.7 Å². The summed E-state index contributed by atoms with van der Waals surface area (Å²) in [6, 6.07) is 60.0. The van der Waals surface area contributed by atoms with E-state index in [4.69, 9.17) is 0 Å². The molecule has 0 radical (unpaired) electrons. The Morgan fingerprint density at radius 2 is 0.578 bits per heavy atom. The van der Waals surface area contributed by atoms with E-state index in [-0.39, 0.29) is 0 Å². The summed E-state index contributed by atoms with van der Waals surface area (Å²) in [5, 5.41) is 0. The molecule has 3 heteroatoms. The zero-order valence-electron chi connectivity index (χ0n) is 25.2. The van der Waals surface area contributed by atoms with Gasteiger partial charge in [-0.1, -0.05) is 84.9 Å². The lowest BCUT2D eigenvalue weighted by molar-refractivity contribution is 0.997. The molecule has 0 bridgehead atoms. The number of hydrogen-bond donors (Lipinski definition) is 0.